The van der Waals surface area contributed by atoms with Crippen LogP contribution < -0.4 is 15.3 Å². The zero-order valence-electron chi connectivity index (χ0n) is 11.1. The van der Waals surface area contributed by atoms with Crippen molar-refractivity contribution in [2.45, 2.75) is 20.8 Å². The van der Waals surface area contributed by atoms with Crippen LogP contribution in [0.2, 0.25) is 0 Å². The Hall–Kier alpha value is -1.50. The van der Waals surface area contributed by atoms with Crippen LogP contribution in [0.3, 0.4) is 0 Å². The molecule has 0 saturated heterocycles. The van der Waals surface area contributed by atoms with Crippen molar-refractivity contribution >= 4 is 17.9 Å². The molecule has 0 spiro atoms. The molecule has 0 atom stereocenters. The maximum atomic E-state index is 9.49. The fourth-order valence-corrected chi connectivity index (χ4v) is 0. The van der Waals surface area contributed by atoms with Gasteiger partial charge >= 0.3 is 25.8 Å². The van der Waals surface area contributed by atoms with E-state index in [9.17, 15) is 29.7 Å². The minimum absolute atomic E-state index is 0. The minimum atomic E-state index is -1.19. The van der Waals surface area contributed by atoms with Gasteiger partial charge in [0.2, 0.25) is 0 Å². The van der Waals surface area contributed by atoms with Gasteiger partial charge in [0.15, 0.2) is 0 Å². The molecule has 0 aliphatic rings. The first-order chi connectivity index (χ1) is 7.93. The van der Waals surface area contributed by atoms with Gasteiger partial charge in [-0.1, -0.05) is 19.7 Å². The molecular formula is C12H15O6Sc. The molecule has 0 rings (SSSR count). The summed E-state index contributed by atoms with van der Waals surface area (Å²) in [4.78, 5) is 28.5. The van der Waals surface area contributed by atoms with Gasteiger partial charge < -0.3 is 29.7 Å². The van der Waals surface area contributed by atoms with Gasteiger partial charge in [0, 0.05) is 0 Å². The number of hydrogen-bond donors (Lipinski definition) is 0. The van der Waals surface area contributed by atoms with Crippen LogP contribution in [0.5, 0.6) is 0 Å². The van der Waals surface area contributed by atoms with Crippen molar-refractivity contribution in [3.05, 3.63) is 36.5 Å². The van der Waals surface area contributed by atoms with E-state index in [2.05, 4.69) is 19.7 Å². The number of aliphatic carboxylic acids is 3. The normalized spacial score (nSPS) is 7.11. The molecule has 0 saturated carbocycles. The van der Waals surface area contributed by atoms with E-state index in [1.807, 2.05) is 0 Å². The molecule has 0 aliphatic carbocycles. The number of carboxylic acid groups (broad SMARTS) is 3. The molecule has 0 aromatic carbocycles. The van der Waals surface area contributed by atoms with Gasteiger partial charge in [0.1, 0.15) is 0 Å². The van der Waals surface area contributed by atoms with Crippen molar-refractivity contribution in [1.82, 2.24) is 0 Å². The van der Waals surface area contributed by atoms with Crippen LogP contribution in [0.25, 0.3) is 0 Å². The van der Waals surface area contributed by atoms with Crippen LogP contribution in [-0.4, -0.2) is 17.9 Å². The molecule has 0 unspecified atom stereocenters. The molecule has 102 valence electrons. The number of carbonyl (C=O) groups excluding carboxylic acids is 3. The molecule has 7 heteroatoms. The Morgan fingerprint density at radius 2 is 0.684 bits per heavy atom. The SMILES string of the molecule is C=C(C)C(=O)[O-].C=C(C)C(=O)[O-].C=C(C)C(=O)[O-].[Sc+3]. The van der Waals surface area contributed by atoms with Crippen molar-refractivity contribution < 1.29 is 55.5 Å². The largest absolute Gasteiger partial charge is 3.00 e. The molecule has 0 amide bonds. The van der Waals surface area contributed by atoms with Gasteiger partial charge in [0.05, 0.1) is 17.9 Å². The number of carboxylic acids is 3. The summed E-state index contributed by atoms with van der Waals surface area (Å²) in [5, 5.41) is 28.5. The van der Waals surface area contributed by atoms with Gasteiger partial charge in [0.25, 0.3) is 0 Å². The van der Waals surface area contributed by atoms with Gasteiger partial charge in [-0.2, -0.15) is 0 Å². The van der Waals surface area contributed by atoms with Crippen LogP contribution in [-0.2, 0) is 40.2 Å². The Balaban J connectivity index is -0.0000000865. The topological polar surface area (TPSA) is 120 Å². The average Bonchev–Trinajstić information content (AvgIpc) is 2.18. The summed E-state index contributed by atoms with van der Waals surface area (Å²) in [7, 11) is 0. The van der Waals surface area contributed by atoms with Crippen molar-refractivity contribution in [3.8, 4) is 0 Å². The Morgan fingerprint density at radius 1 is 0.632 bits per heavy atom. The summed E-state index contributed by atoms with van der Waals surface area (Å²) in [6.07, 6.45) is 0. The van der Waals surface area contributed by atoms with Crippen LogP contribution in [0.15, 0.2) is 36.5 Å². The van der Waals surface area contributed by atoms with E-state index in [-0.39, 0.29) is 42.6 Å². The molecule has 0 fully saturated rings. The third-order valence-electron chi connectivity index (χ3n) is 1.05. The average molecular weight is 300 g/mol. The van der Waals surface area contributed by atoms with Crippen molar-refractivity contribution in [1.29, 1.82) is 0 Å². The van der Waals surface area contributed by atoms with E-state index >= 15 is 0 Å². The maximum absolute atomic E-state index is 9.49. The number of rotatable bonds is 3. The van der Waals surface area contributed by atoms with Gasteiger partial charge in [-0.15, -0.1) is 0 Å². The smallest absolute Gasteiger partial charge is 0.545 e. The first-order valence-electron chi connectivity index (χ1n) is 4.54. The zero-order chi connectivity index (χ0) is 15.5. The summed E-state index contributed by atoms with van der Waals surface area (Å²) in [6, 6.07) is 0. The van der Waals surface area contributed by atoms with Gasteiger partial charge in [-0.3, -0.25) is 0 Å². The summed E-state index contributed by atoms with van der Waals surface area (Å²) >= 11 is 0. The zero-order valence-corrected chi connectivity index (χ0v) is 13.0. The van der Waals surface area contributed by atoms with Crippen molar-refractivity contribution in [2.24, 2.45) is 0 Å². The second-order valence-electron chi connectivity index (χ2n) is 3.20. The van der Waals surface area contributed by atoms with E-state index < -0.39 is 17.9 Å². The van der Waals surface area contributed by atoms with E-state index in [0.29, 0.717) is 0 Å². The fraction of sp³-hybridized carbons (Fsp3) is 0.250. The minimum Gasteiger partial charge on any atom is -0.545 e. The third kappa shape index (κ3) is 31.5. The Labute approximate surface area is 130 Å². The van der Waals surface area contributed by atoms with E-state index in [1.165, 1.54) is 20.8 Å². The van der Waals surface area contributed by atoms with Gasteiger partial charge in [-0.25, -0.2) is 0 Å². The van der Waals surface area contributed by atoms with E-state index in [4.69, 9.17) is 0 Å². The quantitative estimate of drug-likeness (QED) is 0.552. The third-order valence-corrected chi connectivity index (χ3v) is 1.05. The molecule has 19 heavy (non-hydrogen) atoms. The first kappa shape index (κ1) is 26.1. The molecule has 0 aliphatic heterocycles. The summed E-state index contributed by atoms with van der Waals surface area (Å²) < 4.78 is 0. The van der Waals surface area contributed by atoms with E-state index in [0.717, 1.165) is 0 Å². The molecular weight excluding hydrogens is 285 g/mol. The number of hydrogen-bond acceptors (Lipinski definition) is 6. The Morgan fingerprint density at radius 3 is 0.684 bits per heavy atom. The Kier molecular flexibility index (Phi) is 20.0. The van der Waals surface area contributed by atoms with Crippen molar-refractivity contribution in [3.63, 3.8) is 0 Å². The predicted octanol–water partition coefficient (Wildman–Crippen LogP) is -2.07. The second kappa shape index (κ2) is 14.6. The Bertz CT molecular complexity index is 277. The molecule has 0 bridgehead atoms. The molecule has 0 aromatic heterocycles. The molecule has 0 aromatic rings. The molecule has 0 N–H and O–H groups in total. The van der Waals surface area contributed by atoms with Crippen molar-refractivity contribution in [2.75, 3.05) is 0 Å². The first-order valence-corrected chi connectivity index (χ1v) is 4.54. The molecule has 6 nitrogen and oxygen atoms in total. The maximum Gasteiger partial charge on any atom is 3.00 e. The van der Waals surface area contributed by atoms with Crippen LogP contribution in [0.1, 0.15) is 20.8 Å². The van der Waals surface area contributed by atoms with Crippen LogP contribution >= 0.6 is 0 Å². The van der Waals surface area contributed by atoms with Crippen LogP contribution in [0, 0.1) is 0 Å². The standard InChI is InChI=1S/3C4H6O2.Sc/c3*1-3(2)4(5)6;/h3*1H2,2H3,(H,5,6);/q;;;+3/p-3. The molecule has 0 radical (unpaired) electrons. The van der Waals surface area contributed by atoms with Gasteiger partial charge in [-0.05, 0) is 37.5 Å². The second-order valence-corrected chi connectivity index (χ2v) is 3.20. The van der Waals surface area contributed by atoms with Crippen LogP contribution in [0.4, 0.5) is 0 Å². The van der Waals surface area contributed by atoms with E-state index in [1.54, 1.807) is 0 Å². The summed E-state index contributed by atoms with van der Waals surface area (Å²) in [5.74, 6) is -3.56. The molecule has 0 heterocycles. The monoisotopic (exact) mass is 300 g/mol. The summed E-state index contributed by atoms with van der Waals surface area (Å²) in [5.41, 5.74) is 0.194. The summed E-state index contributed by atoms with van der Waals surface area (Å²) in [6.45, 7) is 13.4. The fourth-order valence-electron chi connectivity index (χ4n) is 0. The predicted molar refractivity (Wildman–Crippen MR) is 59.5 cm³/mol. The number of carbonyl (C=O) groups is 3.